The molecule has 0 aliphatic carbocycles. The lowest BCUT2D eigenvalue weighted by Crippen LogP contribution is -1.82. The zero-order valence-electron chi connectivity index (χ0n) is 8.01. The van der Waals surface area contributed by atoms with E-state index >= 15 is 0 Å². The van der Waals surface area contributed by atoms with Gasteiger partial charge in [0.15, 0.2) is 0 Å². The van der Waals surface area contributed by atoms with E-state index in [1.165, 1.54) is 30.4 Å². The molecule has 0 saturated carbocycles. The van der Waals surface area contributed by atoms with Gasteiger partial charge in [0.1, 0.15) is 0 Å². The fourth-order valence-corrected chi connectivity index (χ4v) is 1.27. The molecule has 0 aliphatic heterocycles. The fourth-order valence-electron chi connectivity index (χ4n) is 1.27. The number of unbranched alkanes of at least 4 members (excludes halogenated alkanes) is 2. The zero-order chi connectivity index (χ0) is 8.81. The summed E-state index contributed by atoms with van der Waals surface area (Å²) in [6, 6.07) is 8.66. The van der Waals surface area contributed by atoms with Crippen LogP contribution in [-0.4, -0.2) is 0 Å². The molecule has 1 aromatic rings. The molecule has 0 spiro atoms. The Bertz CT molecular complexity index is 225. The number of benzene rings is 1. The van der Waals surface area contributed by atoms with Gasteiger partial charge in [0.25, 0.3) is 0 Å². The molecule has 0 aromatic heterocycles. The first-order chi connectivity index (χ1) is 5.83. The number of hydrogen-bond acceptors (Lipinski definition) is 0. The molecule has 0 heterocycles. The van der Waals surface area contributed by atoms with Crippen molar-refractivity contribution in [3.05, 3.63) is 41.8 Å². The topological polar surface area (TPSA) is 0 Å². The summed E-state index contributed by atoms with van der Waals surface area (Å²) in [5.74, 6) is 0. The summed E-state index contributed by atoms with van der Waals surface area (Å²) in [5, 5.41) is 0. The Morgan fingerprint density at radius 3 is 2.83 bits per heavy atom. The van der Waals surface area contributed by atoms with Gasteiger partial charge in [-0.2, -0.15) is 0 Å². The van der Waals surface area contributed by atoms with Gasteiger partial charge in [0, 0.05) is 0 Å². The summed E-state index contributed by atoms with van der Waals surface area (Å²) in [7, 11) is 0. The largest absolute Gasteiger partial charge is 0.0654 e. The van der Waals surface area contributed by atoms with Crippen LogP contribution in [0.3, 0.4) is 0 Å². The Kier molecular flexibility index (Phi) is 3.86. The maximum atomic E-state index is 2.32. The third-order valence-electron chi connectivity index (χ3n) is 1.98. The van der Waals surface area contributed by atoms with Gasteiger partial charge in [0.05, 0.1) is 0 Å². The van der Waals surface area contributed by atoms with Gasteiger partial charge in [-0.3, -0.25) is 0 Å². The Morgan fingerprint density at radius 1 is 1.33 bits per heavy atom. The molecule has 0 heteroatoms. The minimum atomic E-state index is 1.21. The third-order valence-corrected chi connectivity index (χ3v) is 1.98. The van der Waals surface area contributed by atoms with Crippen LogP contribution in [0.5, 0.6) is 0 Å². The Balaban J connectivity index is 2.41. The Labute approximate surface area is 75.6 Å². The van der Waals surface area contributed by atoms with Crippen LogP contribution >= 0.6 is 0 Å². The van der Waals surface area contributed by atoms with Crippen molar-refractivity contribution in [1.82, 2.24) is 0 Å². The van der Waals surface area contributed by atoms with Crippen molar-refractivity contribution >= 4 is 0 Å². The van der Waals surface area contributed by atoms with E-state index in [1.807, 2.05) is 0 Å². The number of rotatable bonds is 4. The molecule has 0 nitrogen and oxygen atoms in total. The molecule has 0 unspecified atom stereocenters. The first kappa shape index (κ1) is 9.31. The second kappa shape index (κ2) is 4.97. The summed E-state index contributed by atoms with van der Waals surface area (Å²) in [6.07, 6.45) is 6.10. The Hall–Kier alpha value is -0.780. The second-order valence-corrected chi connectivity index (χ2v) is 3.26. The van der Waals surface area contributed by atoms with Gasteiger partial charge in [-0.05, 0) is 25.3 Å². The lowest BCUT2D eigenvalue weighted by atomic mass is 10.1. The summed E-state index contributed by atoms with van der Waals surface area (Å²) in [5.41, 5.74) is 2.71. The van der Waals surface area contributed by atoms with Gasteiger partial charge in [-0.1, -0.05) is 49.6 Å². The van der Waals surface area contributed by atoms with Crippen molar-refractivity contribution in [3.63, 3.8) is 0 Å². The normalized spacial score (nSPS) is 10.2. The van der Waals surface area contributed by atoms with Crippen LogP contribution in [0.25, 0.3) is 0 Å². The first-order valence-corrected chi connectivity index (χ1v) is 4.73. The van der Waals surface area contributed by atoms with E-state index in [0.29, 0.717) is 0 Å². The predicted octanol–water partition coefficient (Wildman–Crippen LogP) is 3.74. The van der Waals surface area contributed by atoms with E-state index < -0.39 is 0 Å². The minimum Gasteiger partial charge on any atom is -0.0654 e. The lowest BCUT2D eigenvalue weighted by molar-refractivity contribution is 0.791. The van der Waals surface area contributed by atoms with Gasteiger partial charge >= 0.3 is 0 Å². The van der Waals surface area contributed by atoms with Crippen LogP contribution in [-0.2, 0) is 0 Å². The molecule has 1 radical (unpaired) electrons. The molecule has 65 valence electrons. The van der Waals surface area contributed by atoms with Crippen molar-refractivity contribution in [2.24, 2.45) is 0 Å². The molecule has 0 aliphatic rings. The molecular weight excluding hydrogens is 144 g/mol. The van der Waals surface area contributed by atoms with E-state index in [0.717, 1.165) is 0 Å². The quantitative estimate of drug-likeness (QED) is 0.590. The highest BCUT2D eigenvalue weighted by Crippen LogP contribution is 2.10. The van der Waals surface area contributed by atoms with E-state index in [4.69, 9.17) is 0 Å². The van der Waals surface area contributed by atoms with Gasteiger partial charge in [-0.25, -0.2) is 0 Å². The maximum absolute atomic E-state index is 2.32. The van der Waals surface area contributed by atoms with Crippen LogP contribution in [0, 0.1) is 13.3 Å². The second-order valence-electron chi connectivity index (χ2n) is 3.26. The number of hydrogen-bond donors (Lipinski definition) is 0. The zero-order valence-corrected chi connectivity index (χ0v) is 8.01. The average Bonchev–Trinajstić information content (AvgIpc) is 2.05. The average molecular weight is 161 g/mol. The standard InChI is InChI=1S/C12H17/c1-3-4-5-8-12-9-6-7-11(2)10-12/h6-10H,3-5H2,1-2H3. The van der Waals surface area contributed by atoms with E-state index in [9.17, 15) is 0 Å². The van der Waals surface area contributed by atoms with Crippen LogP contribution < -0.4 is 0 Å². The summed E-state index contributed by atoms with van der Waals surface area (Å²) >= 11 is 0. The highest BCUT2D eigenvalue weighted by Gasteiger charge is 1.92. The van der Waals surface area contributed by atoms with Crippen LogP contribution in [0.15, 0.2) is 24.3 Å². The van der Waals surface area contributed by atoms with Crippen molar-refractivity contribution in [2.45, 2.75) is 33.1 Å². The smallest absolute Gasteiger partial charge is 0.00930 e. The van der Waals surface area contributed by atoms with Crippen molar-refractivity contribution < 1.29 is 0 Å². The number of aryl methyl sites for hydroxylation is 1. The van der Waals surface area contributed by atoms with Crippen LogP contribution in [0.2, 0.25) is 0 Å². The molecule has 0 fully saturated rings. The Morgan fingerprint density at radius 2 is 2.17 bits per heavy atom. The molecule has 0 atom stereocenters. The highest BCUT2D eigenvalue weighted by atomic mass is 14.0. The van der Waals surface area contributed by atoms with Gasteiger partial charge in [-0.15, -0.1) is 0 Å². The first-order valence-electron chi connectivity index (χ1n) is 4.73. The van der Waals surface area contributed by atoms with Crippen molar-refractivity contribution in [3.8, 4) is 0 Å². The highest BCUT2D eigenvalue weighted by molar-refractivity contribution is 5.27. The van der Waals surface area contributed by atoms with E-state index in [1.54, 1.807) is 0 Å². The monoisotopic (exact) mass is 161 g/mol. The maximum Gasteiger partial charge on any atom is -0.00930 e. The predicted molar refractivity (Wildman–Crippen MR) is 54.1 cm³/mol. The van der Waals surface area contributed by atoms with Gasteiger partial charge in [0.2, 0.25) is 0 Å². The van der Waals surface area contributed by atoms with Crippen LogP contribution in [0.1, 0.15) is 37.3 Å². The lowest BCUT2D eigenvalue weighted by Gasteiger charge is -2.00. The molecule has 1 rings (SSSR count). The summed E-state index contributed by atoms with van der Waals surface area (Å²) in [4.78, 5) is 0. The van der Waals surface area contributed by atoms with E-state index in [2.05, 4.69) is 44.5 Å². The molecular formula is C12H17. The fraction of sp³-hybridized carbons (Fsp3) is 0.417. The molecule has 0 saturated heterocycles. The van der Waals surface area contributed by atoms with Gasteiger partial charge < -0.3 is 0 Å². The molecule has 0 amide bonds. The molecule has 12 heavy (non-hydrogen) atoms. The molecule has 1 aromatic carbocycles. The van der Waals surface area contributed by atoms with E-state index in [-0.39, 0.29) is 0 Å². The van der Waals surface area contributed by atoms with Crippen molar-refractivity contribution in [2.75, 3.05) is 0 Å². The minimum absolute atomic E-state index is 1.21. The molecule has 0 bridgehead atoms. The summed E-state index contributed by atoms with van der Waals surface area (Å²) < 4.78 is 0. The molecule has 0 N–H and O–H groups in total. The van der Waals surface area contributed by atoms with Crippen molar-refractivity contribution in [1.29, 1.82) is 0 Å². The summed E-state index contributed by atoms with van der Waals surface area (Å²) in [6.45, 7) is 4.36. The van der Waals surface area contributed by atoms with Crippen LogP contribution in [0.4, 0.5) is 0 Å². The third kappa shape index (κ3) is 3.08. The SMILES string of the molecule is CCCC[CH]c1cccc(C)c1.